The highest BCUT2D eigenvalue weighted by atomic mass is 127. The lowest BCUT2D eigenvalue weighted by molar-refractivity contribution is 0.359. The molecule has 5 rings (SSSR count). The van der Waals surface area contributed by atoms with Crippen LogP contribution in [0.15, 0.2) is 86.0 Å². The summed E-state index contributed by atoms with van der Waals surface area (Å²) in [5.74, 6) is -7.07. The minimum Gasteiger partial charge on any atom is -0.487 e. The molecule has 8 nitrogen and oxygen atoms in total. The van der Waals surface area contributed by atoms with Crippen LogP contribution < -0.4 is 18.9 Å². The van der Waals surface area contributed by atoms with E-state index in [1.54, 1.807) is 24.3 Å². The molecule has 0 radical (unpaired) electrons. The van der Waals surface area contributed by atoms with E-state index in [4.69, 9.17) is 9.47 Å². The number of hydrogen-bond donors (Lipinski definition) is 2. The highest BCUT2D eigenvalue weighted by Gasteiger charge is 2.26. The van der Waals surface area contributed by atoms with Crippen molar-refractivity contribution in [2.45, 2.75) is 25.7 Å². The quantitative estimate of drug-likeness (QED) is 0.0832. The fourth-order valence-electron chi connectivity index (χ4n) is 5.15. The number of rotatable bonds is 12. The molecule has 0 spiro atoms. The maximum Gasteiger partial charge on any atom is 0.233 e. The van der Waals surface area contributed by atoms with Crippen molar-refractivity contribution in [2.24, 2.45) is 0 Å². The summed E-state index contributed by atoms with van der Waals surface area (Å²) in [4.78, 5) is 0. The van der Waals surface area contributed by atoms with Gasteiger partial charge in [-0.3, -0.25) is 9.44 Å². The summed E-state index contributed by atoms with van der Waals surface area (Å²) in [5.41, 5.74) is -0.950. The zero-order valence-corrected chi connectivity index (χ0v) is 35.2. The minimum atomic E-state index is -3.92. The second kappa shape index (κ2) is 20.1. The Hall–Kier alpha value is -3.76. The molecule has 300 valence electrons. The molecule has 0 saturated carbocycles. The van der Waals surface area contributed by atoms with E-state index in [9.17, 15) is 43.2 Å². The van der Waals surface area contributed by atoms with Crippen molar-refractivity contribution in [2.75, 3.05) is 34.2 Å². The summed E-state index contributed by atoms with van der Waals surface area (Å²) in [5, 5.41) is 0. The highest BCUT2D eigenvalue weighted by molar-refractivity contribution is 14.1. The Labute approximate surface area is 348 Å². The fraction of sp³-hybridized carbons (Fsp3) is 0.211. The van der Waals surface area contributed by atoms with Crippen LogP contribution in [0, 0.1) is 42.0 Å². The van der Waals surface area contributed by atoms with E-state index in [0.29, 0.717) is 7.14 Å². The van der Waals surface area contributed by atoms with Crippen molar-refractivity contribution in [1.82, 2.24) is 0 Å². The molecule has 1 aliphatic heterocycles. The van der Waals surface area contributed by atoms with Crippen LogP contribution >= 0.6 is 45.2 Å². The van der Waals surface area contributed by atoms with Gasteiger partial charge in [-0.2, -0.15) is 0 Å². The Balaban J connectivity index is 0.000000249. The van der Waals surface area contributed by atoms with Gasteiger partial charge in [-0.1, -0.05) is 43.0 Å². The molecule has 18 heteroatoms. The Morgan fingerprint density at radius 3 is 2.00 bits per heavy atom. The van der Waals surface area contributed by atoms with Crippen LogP contribution in [-0.2, 0) is 32.9 Å². The van der Waals surface area contributed by atoms with Crippen molar-refractivity contribution in [3.8, 4) is 11.5 Å². The van der Waals surface area contributed by atoms with E-state index in [0.717, 1.165) is 12.1 Å². The maximum atomic E-state index is 14.7. The largest absolute Gasteiger partial charge is 0.487 e. The van der Waals surface area contributed by atoms with Gasteiger partial charge in [-0.25, -0.2) is 43.2 Å². The van der Waals surface area contributed by atoms with E-state index in [-0.39, 0.29) is 95.5 Å². The van der Waals surface area contributed by atoms with Crippen LogP contribution in [0.5, 0.6) is 11.5 Å². The van der Waals surface area contributed by atoms with Crippen molar-refractivity contribution in [3.05, 3.63) is 150 Å². The van der Waals surface area contributed by atoms with E-state index in [2.05, 4.69) is 22.6 Å². The number of halogens is 8. The SMILES string of the molecule is C=CCCS(=O)(=O)Nc1c(OCC=C)cc(F)c(F)c1Cc1ccc(I)cc1F.O=S1(=O)CC/C=C/COc2cc(F)c(F)c(Cc3ccc(I)cc3F)c2N1. The first-order valence-corrected chi connectivity index (χ1v) is 21.9. The van der Waals surface area contributed by atoms with Gasteiger partial charge in [0.05, 0.1) is 22.9 Å². The van der Waals surface area contributed by atoms with Crippen molar-refractivity contribution < 1.29 is 52.7 Å². The van der Waals surface area contributed by atoms with Gasteiger partial charge in [0.15, 0.2) is 23.3 Å². The molecule has 0 aromatic heterocycles. The van der Waals surface area contributed by atoms with E-state index in [1.807, 2.05) is 45.2 Å². The predicted molar refractivity (Wildman–Crippen MR) is 221 cm³/mol. The zero-order chi connectivity index (χ0) is 41.2. The van der Waals surface area contributed by atoms with Crippen molar-refractivity contribution >= 4 is 76.6 Å². The lowest BCUT2D eigenvalue weighted by Gasteiger charge is -2.19. The minimum absolute atomic E-state index is 0.0657. The molecule has 4 aromatic rings. The highest BCUT2D eigenvalue weighted by Crippen LogP contribution is 2.37. The van der Waals surface area contributed by atoms with Gasteiger partial charge in [0, 0.05) is 43.2 Å². The summed E-state index contributed by atoms with van der Waals surface area (Å²) >= 11 is 3.85. The number of hydrogen-bond acceptors (Lipinski definition) is 6. The van der Waals surface area contributed by atoms with E-state index < -0.39 is 54.9 Å². The lowest BCUT2D eigenvalue weighted by atomic mass is 10.0. The van der Waals surface area contributed by atoms with Gasteiger partial charge in [0.25, 0.3) is 0 Å². The topological polar surface area (TPSA) is 111 Å². The zero-order valence-electron chi connectivity index (χ0n) is 29.3. The molecule has 0 unspecified atom stereocenters. The number of ether oxygens (including phenoxy) is 2. The molecule has 1 aliphatic rings. The standard InChI is InChI=1S/C20H19F3INO3S.C18H15F3INO3S/c1-3-5-9-29(26,27)25-20-15(10-13-6-7-14(24)11-16(13)21)19(23)17(22)12-18(20)28-8-4-2;19-14-9-12(22)5-4-11(14)8-13-17(21)15(20)10-16-18(13)23-27(24,25)7-3-1-2-6-26-16/h3-4,6-7,11-12,25H,1-2,5,8-10H2;1-2,4-5,9-10,23H,3,6-8H2/b;2-1+. The smallest absolute Gasteiger partial charge is 0.233 e. The Morgan fingerprint density at radius 1 is 0.821 bits per heavy atom. The number of fused-ring (bicyclic) bond motifs is 1. The van der Waals surface area contributed by atoms with Crippen LogP contribution in [0.4, 0.5) is 37.7 Å². The summed E-state index contributed by atoms with van der Waals surface area (Å²) in [7, 11) is -7.74. The van der Waals surface area contributed by atoms with Crippen LogP contribution in [-0.4, -0.2) is 41.6 Å². The summed E-state index contributed by atoms with van der Waals surface area (Å²) in [6, 6.07) is 10.2. The van der Waals surface area contributed by atoms with Crippen LogP contribution in [0.3, 0.4) is 0 Å². The number of nitrogens with one attached hydrogen (secondary N) is 2. The fourth-order valence-corrected chi connectivity index (χ4v) is 8.25. The normalized spacial score (nSPS) is 14.1. The number of anilines is 2. The molecule has 56 heavy (non-hydrogen) atoms. The Morgan fingerprint density at radius 2 is 1.41 bits per heavy atom. The third-order valence-electron chi connectivity index (χ3n) is 7.84. The average Bonchev–Trinajstić information content (AvgIpc) is 3.13. The summed E-state index contributed by atoms with van der Waals surface area (Å²) in [6.45, 7) is 6.94. The third-order valence-corrected chi connectivity index (χ3v) is 11.8. The van der Waals surface area contributed by atoms with Gasteiger partial charge in [-0.05, 0) is 93.4 Å². The molecule has 0 aliphatic carbocycles. The van der Waals surface area contributed by atoms with Gasteiger partial charge < -0.3 is 9.47 Å². The average molecular weight is 1050 g/mol. The number of benzene rings is 4. The molecule has 0 amide bonds. The second-order valence-electron chi connectivity index (χ2n) is 12.0. The van der Waals surface area contributed by atoms with Crippen molar-refractivity contribution in [1.29, 1.82) is 0 Å². The Kier molecular flexibility index (Phi) is 16.1. The first-order valence-electron chi connectivity index (χ1n) is 16.5. The lowest BCUT2D eigenvalue weighted by Crippen LogP contribution is -2.20. The first kappa shape index (κ1) is 44.9. The number of allylic oxidation sites excluding steroid dienone is 2. The molecule has 1 heterocycles. The third kappa shape index (κ3) is 12.4. The van der Waals surface area contributed by atoms with Gasteiger partial charge in [0.1, 0.15) is 36.3 Å². The van der Waals surface area contributed by atoms with E-state index in [1.165, 1.54) is 36.4 Å². The van der Waals surface area contributed by atoms with Gasteiger partial charge in [0.2, 0.25) is 20.0 Å². The summed E-state index contributed by atoms with van der Waals surface area (Å²) in [6.07, 6.45) is 5.71. The first-order chi connectivity index (χ1) is 26.4. The Bertz CT molecular complexity index is 2360. The molecule has 0 bridgehead atoms. The van der Waals surface area contributed by atoms with Crippen molar-refractivity contribution in [3.63, 3.8) is 0 Å². The number of sulfonamides is 2. The molecule has 0 saturated heterocycles. The predicted octanol–water partition coefficient (Wildman–Crippen LogP) is 9.56. The van der Waals surface area contributed by atoms with Crippen LogP contribution in [0.1, 0.15) is 35.1 Å². The van der Waals surface area contributed by atoms with Crippen LogP contribution in [0.2, 0.25) is 0 Å². The van der Waals surface area contributed by atoms with Crippen LogP contribution in [0.25, 0.3) is 0 Å². The van der Waals surface area contributed by atoms with Gasteiger partial charge in [-0.15, -0.1) is 6.58 Å². The maximum absolute atomic E-state index is 14.7. The monoisotopic (exact) mass is 1050 g/mol. The summed E-state index contributed by atoms with van der Waals surface area (Å²) < 4.78 is 152. The molecule has 0 atom stereocenters. The second-order valence-corrected chi connectivity index (χ2v) is 18.1. The molecular formula is C38H34F6I2N2O6S2. The molecule has 2 N–H and O–H groups in total. The van der Waals surface area contributed by atoms with Gasteiger partial charge >= 0.3 is 0 Å². The molecular weight excluding hydrogens is 1010 g/mol. The molecule has 0 fully saturated rings. The van der Waals surface area contributed by atoms with E-state index >= 15 is 0 Å². The molecule has 4 aromatic carbocycles.